The molecule has 7 nitrogen and oxygen atoms in total. The minimum atomic E-state index is 0. The lowest BCUT2D eigenvalue weighted by Crippen LogP contribution is -2.39. The van der Waals surface area contributed by atoms with E-state index >= 15 is 0 Å². The second-order valence-electron chi connectivity index (χ2n) is 5.93. The third kappa shape index (κ3) is 8.15. The first-order valence-electron chi connectivity index (χ1n) is 9.28. The summed E-state index contributed by atoms with van der Waals surface area (Å²) in [6, 6.07) is 8.21. The summed E-state index contributed by atoms with van der Waals surface area (Å²) in [7, 11) is 1.69. The molecule has 2 N–H and O–H groups in total. The van der Waals surface area contributed by atoms with Gasteiger partial charge in [-0.1, -0.05) is 19.1 Å². The molecule has 0 aliphatic carbocycles. The lowest BCUT2D eigenvalue weighted by molar-refractivity contribution is 0.414. The summed E-state index contributed by atoms with van der Waals surface area (Å²) in [6.07, 6.45) is 4.68. The van der Waals surface area contributed by atoms with Crippen LogP contribution >= 0.6 is 24.0 Å². The van der Waals surface area contributed by atoms with Crippen LogP contribution in [-0.4, -0.2) is 47.5 Å². The average molecular weight is 486 g/mol. The number of hydrogen-bond acceptors (Lipinski definition) is 4. The third-order valence-electron chi connectivity index (χ3n) is 4.05. The quantitative estimate of drug-likeness (QED) is 0.234. The molecule has 0 saturated carbocycles. The van der Waals surface area contributed by atoms with Crippen LogP contribution in [0.5, 0.6) is 5.75 Å². The van der Waals surface area contributed by atoms with E-state index in [-0.39, 0.29) is 24.0 Å². The van der Waals surface area contributed by atoms with Gasteiger partial charge in [0.05, 0.1) is 7.11 Å². The van der Waals surface area contributed by atoms with Crippen molar-refractivity contribution in [3.63, 3.8) is 0 Å². The fourth-order valence-corrected chi connectivity index (χ4v) is 2.64. The lowest BCUT2D eigenvalue weighted by Gasteiger charge is -2.12. The van der Waals surface area contributed by atoms with Crippen molar-refractivity contribution in [2.45, 2.75) is 39.7 Å². The van der Waals surface area contributed by atoms with Crippen molar-refractivity contribution in [3.05, 3.63) is 42.0 Å². The van der Waals surface area contributed by atoms with Crippen molar-refractivity contribution >= 4 is 29.9 Å². The van der Waals surface area contributed by atoms with Crippen LogP contribution in [0.25, 0.3) is 0 Å². The van der Waals surface area contributed by atoms with E-state index in [2.05, 4.69) is 56.4 Å². The molecule has 0 bridgehead atoms. The Morgan fingerprint density at radius 2 is 1.96 bits per heavy atom. The van der Waals surface area contributed by atoms with Crippen LogP contribution in [0.1, 0.15) is 31.7 Å². The van der Waals surface area contributed by atoms with Crippen molar-refractivity contribution in [1.82, 2.24) is 25.4 Å². The topological polar surface area (TPSA) is 76.4 Å². The molecule has 0 aliphatic heterocycles. The number of halogens is 1. The molecule has 2 rings (SSSR count). The number of benzene rings is 1. The number of ether oxygens (including phenoxy) is 1. The third-order valence-corrected chi connectivity index (χ3v) is 4.05. The molecule has 1 aromatic heterocycles. The van der Waals surface area contributed by atoms with E-state index in [9.17, 15) is 0 Å². The number of nitrogens with one attached hydrogen (secondary N) is 2. The molecule has 2 aromatic rings. The second-order valence-corrected chi connectivity index (χ2v) is 5.93. The number of hydrogen-bond donors (Lipinski definition) is 2. The van der Waals surface area contributed by atoms with Gasteiger partial charge in [-0.2, -0.15) is 0 Å². The van der Waals surface area contributed by atoms with Gasteiger partial charge in [0.2, 0.25) is 0 Å². The van der Waals surface area contributed by atoms with Gasteiger partial charge in [0.25, 0.3) is 0 Å². The number of nitrogens with zero attached hydrogens (tertiary/aromatic N) is 4. The van der Waals surface area contributed by atoms with Gasteiger partial charge in [-0.25, -0.2) is 0 Å². The molecule has 0 unspecified atom stereocenters. The minimum Gasteiger partial charge on any atom is -0.497 e. The predicted molar refractivity (Wildman–Crippen MR) is 120 cm³/mol. The van der Waals surface area contributed by atoms with Crippen molar-refractivity contribution in [3.8, 4) is 5.75 Å². The molecule has 0 saturated heterocycles. The van der Waals surface area contributed by atoms with Crippen molar-refractivity contribution in [2.24, 2.45) is 4.99 Å². The zero-order valence-corrected chi connectivity index (χ0v) is 18.8. The van der Waals surface area contributed by atoms with Crippen LogP contribution in [0.4, 0.5) is 0 Å². The molecule has 0 amide bonds. The van der Waals surface area contributed by atoms with Gasteiger partial charge in [0.1, 0.15) is 17.9 Å². The van der Waals surface area contributed by atoms with E-state index in [0.717, 1.165) is 63.0 Å². The Bertz CT molecular complexity index is 671. The molecule has 0 atom stereocenters. The normalized spacial score (nSPS) is 11.0. The Hall–Kier alpha value is -1.84. The summed E-state index contributed by atoms with van der Waals surface area (Å²) in [4.78, 5) is 4.65. The number of aryl methyl sites for hydroxylation is 2. The van der Waals surface area contributed by atoms with E-state index in [1.54, 1.807) is 13.4 Å². The van der Waals surface area contributed by atoms with E-state index < -0.39 is 0 Å². The Kier molecular flexibility index (Phi) is 11.5. The number of aromatic nitrogens is 3. The molecular weight excluding hydrogens is 455 g/mol. The smallest absolute Gasteiger partial charge is 0.191 e. The summed E-state index contributed by atoms with van der Waals surface area (Å²) in [5, 5.41) is 14.7. The molecule has 27 heavy (non-hydrogen) atoms. The van der Waals surface area contributed by atoms with Crippen LogP contribution in [0.2, 0.25) is 0 Å². The van der Waals surface area contributed by atoms with Crippen LogP contribution in [0.3, 0.4) is 0 Å². The maximum absolute atomic E-state index is 5.18. The lowest BCUT2D eigenvalue weighted by atomic mass is 10.1. The summed E-state index contributed by atoms with van der Waals surface area (Å²) < 4.78 is 7.25. The predicted octanol–water partition coefficient (Wildman–Crippen LogP) is 2.66. The number of aliphatic imine (C=N–C) groups is 1. The zero-order chi connectivity index (χ0) is 18.6. The first-order chi connectivity index (χ1) is 12.8. The maximum Gasteiger partial charge on any atom is 0.191 e. The fourth-order valence-electron chi connectivity index (χ4n) is 2.64. The van der Waals surface area contributed by atoms with Crippen LogP contribution < -0.4 is 15.4 Å². The van der Waals surface area contributed by atoms with Crippen LogP contribution in [-0.2, 0) is 19.4 Å². The zero-order valence-electron chi connectivity index (χ0n) is 16.4. The van der Waals surface area contributed by atoms with E-state index in [1.807, 2.05) is 12.1 Å². The van der Waals surface area contributed by atoms with Gasteiger partial charge in [-0.3, -0.25) is 4.99 Å². The maximum atomic E-state index is 5.18. The van der Waals surface area contributed by atoms with Crippen molar-refractivity contribution in [1.29, 1.82) is 0 Å². The first-order valence-corrected chi connectivity index (χ1v) is 9.28. The highest BCUT2D eigenvalue weighted by Gasteiger charge is 2.02. The fraction of sp³-hybridized carbons (Fsp3) is 0.526. The van der Waals surface area contributed by atoms with E-state index in [4.69, 9.17) is 4.74 Å². The Balaban J connectivity index is 0.00000364. The Morgan fingerprint density at radius 1 is 1.19 bits per heavy atom. The second kappa shape index (κ2) is 13.3. The van der Waals surface area contributed by atoms with Gasteiger partial charge in [-0.15, -0.1) is 34.2 Å². The summed E-state index contributed by atoms with van der Waals surface area (Å²) in [5.74, 6) is 2.76. The average Bonchev–Trinajstić information content (AvgIpc) is 3.13. The van der Waals surface area contributed by atoms with E-state index in [0.29, 0.717) is 0 Å². The first kappa shape index (κ1) is 23.2. The molecule has 0 fully saturated rings. The van der Waals surface area contributed by atoms with E-state index in [1.165, 1.54) is 5.56 Å². The standard InChI is InChI=1S/C19H30N6O.HI/c1-4-18-24-23-15-25(18)14-13-22-19(20-5-2)21-12-6-7-16-8-10-17(26-3)11-9-16;/h8-11,15H,4-7,12-14H2,1-3H3,(H2,20,21,22);1H. The van der Waals surface area contributed by atoms with Gasteiger partial charge in [0.15, 0.2) is 5.96 Å². The molecular formula is C19H31IN6O. The molecule has 8 heteroatoms. The number of methoxy groups -OCH3 is 1. The summed E-state index contributed by atoms with van der Waals surface area (Å²) in [5.41, 5.74) is 1.30. The van der Waals surface area contributed by atoms with Crippen molar-refractivity contribution < 1.29 is 4.74 Å². The molecule has 1 aromatic carbocycles. The Labute approximate surface area is 179 Å². The van der Waals surface area contributed by atoms with Crippen molar-refractivity contribution in [2.75, 3.05) is 26.7 Å². The van der Waals surface area contributed by atoms with Gasteiger partial charge >= 0.3 is 0 Å². The highest BCUT2D eigenvalue weighted by Crippen LogP contribution is 2.12. The monoisotopic (exact) mass is 486 g/mol. The SMILES string of the molecule is CCNC(=NCCCc1ccc(OC)cc1)NCCn1cnnc1CC.I. The van der Waals surface area contributed by atoms with Crippen LogP contribution in [0.15, 0.2) is 35.6 Å². The molecule has 0 aliphatic rings. The van der Waals surface area contributed by atoms with Crippen LogP contribution in [0, 0.1) is 0 Å². The molecule has 1 heterocycles. The largest absolute Gasteiger partial charge is 0.497 e. The van der Waals surface area contributed by atoms with Gasteiger partial charge < -0.3 is 19.9 Å². The molecule has 150 valence electrons. The highest BCUT2D eigenvalue weighted by atomic mass is 127. The molecule has 0 spiro atoms. The Morgan fingerprint density at radius 3 is 2.63 bits per heavy atom. The molecule has 0 radical (unpaired) electrons. The van der Waals surface area contributed by atoms with Gasteiger partial charge in [-0.05, 0) is 37.5 Å². The summed E-state index contributed by atoms with van der Waals surface area (Å²) in [6.45, 7) is 7.40. The summed E-state index contributed by atoms with van der Waals surface area (Å²) >= 11 is 0. The van der Waals surface area contributed by atoms with Gasteiger partial charge in [0, 0.05) is 32.6 Å². The number of rotatable bonds is 10. The highest BCUT2D eigenvalue weighted by molar-refractivity contribution is 14.0. The minimum absolute atomic E-state index is 0. The number of guanidine groups is 1.